The molecule has 10 heteroatoms. The van der Waals surface area contributed by atoms with E-state index in [1.807, 2.05) is 17.5 Å². The number of aromatic nitrogens is 3. The summed E-state index contributed by atoms with van der Waals surface area (Å²) in [5.41, 5.74) is 2.16. The van der Waals surface area contributed by atoms with Gasteiger partial charge in [0, 0.05) is 4.88 Å². The molecule has 0 saturated carbocycles. The molecule has 0 unspecified atom stereocenters. The van der Waals surface area contributed by atoms with Crippen LogP contribution >= 0.6 is 23.1 Å². The molecule has 3 aromatic rings. The molecule has 0 aliphatic rings. The van der Waals surface area contributed by atoms with Gasteiger partial charge >= 0.3 is 0 Å². The van der Waals surface area contributed by atoms with Gasteiger partial charge in [-0.1, -0.05) is 17.8 Å². The van der Waals surface area contributed by atoms with Crippen molar-refractivity contribution in [2.45, 2.75) is 5.16 Å². The summed E-state index contributed by atoms with van der Waals surface area (Å²) >= 11 is 2.58. The Labute approximate surface area is 156 Å². The fraction of sp³-hybridized carbons (Fsp3) is 0.0625. The molecular formula is C16H13N5O3S2. The highest BCUT2D eigenvalue weighted by Crippen LogP contribution is 2.10. The van der Waals surface area contributed by atoms with Crippen LogP contribution < -0.4 is 11.0 Å². The van der Waals surface area contributed by atoms with Gasteiger partial charge in [0.15, 0.2) is 10.9 Å². The van der Waals surface area contributed by atoms with Crippen molar-refractivity contribution in [3.63, 3.8) is 0 Å². The van der Waals surface area contributed by atoms with Crippen molar-refractivity contribution in [1.82, 2.24) is 20.6 Å². The number of carbonyl (C=O) groups is 1. The van der Waals surface area contributed by atoms with E-state index in [-0.39, 0.29) is 22.5 Å². The van der Waals surface area contributed by atoms with Crippen molar-refractivity contribution in [3.05, 3.63) is 62.6 Å². The molecule has 1 amide bonds. The topological polar surface area (TPSA) is 113 Å². The monoisotopic (exact) mass is 387 g/mol. The highest BCUT2D eigenvalue weighted by Gasteiger charge is 2.06. The minimum atomic E-state index is -0.401. The SMILES string of the molecule is O=C(CSc1nnc(/C=C/c2ccco2)c(=O)[nH]1)N/N=C/c1cccs1. The van der Waals surface area contributed by atoms with E-state index in [9.17, 15) is 9.59 Å². The Morgan fingerprint density at radius 3 is 3.00 bits per heavy atom. The molecule has 0 spiro atoms. The quantitative estimate of drug-likeness (QED) is 0.365. The van der Waals surface area contributed by atoms with E-state index < -0.39 is 5.56 Å². The summed E-state index contributed by atoms with van der Waals surface area (Å²) in [5, 5.41) is 13.8. The van der Waals surface area contributed by atoms with Crippen molar-refractivity contribution in [3.8, 4) is 0 Å². The molecule has 0 radical (unpaired) electrons. The van der Waals surface area contributed by atoms with Crippen LogP contribution in [0, 0.1) is 0 Å². The zero-order valence-electron chi connectivity index (χ0n) is 13.3. The summed E-state index contributed by atoms with van der Waals surface area (Å²) in [6, 6.07) is 7.27. The Kier molecular flexibility index (Phi) is 6.12. The second kappa shape index (κ2) is 8.92. The van der Waals surface area contributed by atoms with Crippen LogP contribution in [0.2, 0.25) is 0 Å². The van der Waals surface area contributed by atoms with Crippen molar-refractivity contribution in [2.75, 3.05) is 5.75 Å². The predicted molar refractivity (Wildman–Crippen MR) is 101 cm³/mol. The fourth-order valence-corrected chi connectivity index (χ4v) is 2.93. The summed E-state index contributed by atoms with van der Waals surface area (Å²) < 4.78 is 5.13. The lowest BCUT2D eigenvalue weighted by molar-refractivity contribution is -0.118. The molecule has 0 fully saturated rings. The maximum atomic E-state index is 12.0. The van der Waals surface area contributed by atoms with Crippen molar-refractivity contribution in [2.24, 2.45) is 5.10 Å². The second-order valence-electron chi connectivity index (χ2n) is 4.79. The van der Waals surface area contributed by atoms with E-state index in [4.69, 9.17) is 4.42 Å². The van der Waals surface area contributed by atoms with Crippen LogP contribution in [0.15, 0.2) is 55.4 Å². The average Bonchev–Trinajstić information content (AvgIpc) is 3.33. The van der Waals surface area contributed by atoms with Gasteiger partial charge in [-0.3, -0.25) is 14.6 Å². The molecule has 8 nitrogen and oxygen atoms in total. The Hall–Kier alpha value is -2.98. The first-order valence-corrected chi connectivity index (χ1v) is 9.24. The Morgan fingerprint density at radius 1 is 1.35 bits per heavy atom. The number of nitrogens with one attached hydrogen (secondary N) is 2. The van der Waals surface area contributed by atoms with Crippen LogP contribution in [-0.4, -0.2) is 33.1 Å². The van der Waals surface area contributed by atoms with Gasteiger partial charge in [-0.05, 0) is 35.7 Å². The number of thiophene rings is 1. The van der Waals surface area contributed by atoms with Crippen molar-refractivity contribution < 1.29 is 9.21 Å². The molecule has 3 heterocycles. The first-order chi connectivity index (χ1) is 12.7. The molecule has 0 aliphatic carbocycles. The van der Waals surface area contributed by atoms with E-state index in [0.29, 0.717) is 5.76 Å². The number of nitrogens with zero attached hydrogens (tertiary/aromatic N) is 3. The first kappa shape index (κ1) is 17.8. The lowest BCUT2D eigenvalue weighted by Crippen LogP contribution is -2.20. The molecule has 0 saturated heterocycles. The maximum absolute atomic E-state index is 12.0. The number of aromatic amines is 1. The van der Waals surface area contributed by atoms with E-state index >= 15 is 0 Å². The van der Waals surface area contributed by atoms with E-state index in [2.05, 4.69) is 25.7 Å². The molecular weight excluding hydrogens is 374 g/mol. The smallest absolute Gasteiger partial charge is 0.277 e. The molecule has 0 aromatic carbocycles. The molecule has 0 atom stereocenters. The van der Waals surface area contributed by atoms with Gasteiger partial charge < -0.3 is 4.42 Å². The van der Waals surface area contributed by atoms with Gasteiger partial charge in [0.2, 0.25) is 0 Å². The number of hydrazone groups is 1. The highest BCUT2D eigenvalue weighted by molar-refractivity contribution is 7.99. The molecule has 3 rings (SSSR count). The fourth-order valence-electron chi connectivity index (χ4n) is 1.75. The van der Waals surface area contributed by atoms with Gasteiger partial charge in [0.05, 0.1) is 18.2 Å². The number of H-pyrrole nitrogens is 1. The number of carbonyl (C=O) groups excluding carboxylic acids is 1. The summed E-state index contributed by atoms with van der Waals surface area (Å²) in [4.78, 5) is 27.2. The molecule has 132 valence electrons. The molecule has 2 N–H and O–H groups in total. The summed E-state index contributed by atoms with van der Waals surface area (Å²) in [5.74, 6) is 0.338. The Balaban J connectivity index is 1.51. The molecule has 0 bridgehead atoms. The average molecular weight is 387 g/mol. The minimum absolute atomic E-state index is 0.0496. The van der Waals surface area contributed by atoms with Crippen LogP contribution in [0.3, 0.4) is 0 Å². The van der Waals surface area contributed by atoms with Crippen LogP contribution in [0.1, 0.15) is 16.3 Å². The summed E-state index contributed by atoms with van der Waals surface area (Å²) in [7, 11) is 0. The van der Waals surface area contributed by atoms with Crippen LogP contribution in [0.25, 0.3) is 12.2 Å². The lowest BCUT2D eigenvalue weighted by atomic mass is 10.3. The van der Waals surface area contributed by atoms with Crippen LogP contribution in [-0.2, 0) is 4.79 Å². The van der Waals surface area contributed by atoms with E-state index in [0.717, 1.165) is 16.6 Å². The van der Waals surface area contributed by atoms with Gasteiger partial charge in [0.1, 0.15) is 5.76 Å². The second-order valence-corrected chi connectivity index (χ2v) is 6.73. The third kappa shape index (κ3) is 5.26. The normalized spacial score (nSPS) is 11.4. The lowest BCUT2D eigenvalue weighted by Gasteiger charge is -1.99. The zero-order chi connectivity index (χ0) is 18.2. The van der Waals surface area contributed by atoms with Crippen molar-refractivity contribution >= 4 is 47.4 Å². The summed E-state index contributed by atoms with van der Waals surface area (Å²) in [6.07, 6.45) is 6.22. The third-order valence-corrected chi connectivity index (χ3v) is 4.59. The van der Waals surface area contributed by atoms with Gasteiger partial charge in [-0.2, -0.15) is 5.10 Å². The van der Waals surface area contributed by atoms with Gasteiger partial charge in [-0.15, -0.1) is 21.5 Å². The van der Waals surface area contributed by atoms with Gasteiger partial charge in [-0.25, -0.2) is 5.43 Å². The number of rotatable bonds is 7. The van der Waals surface area contributed by atoms with E-state index in [1.165, 1.54) is 23.7 Å². The third-order valence-electron chi connectivity index (χ3n) is 2.91. The zero-order valence-corrected chi connectivity index (χ0v) is 14.9. The van der Waals surface area contributed by atoms with Crippen LogP contribution in [0.4, 0.5) is 0 Å². The highest BCUT2D eigenvalue weighted by atomic mass is 32.2. The van der Waals surface area contributed by atoms with Crippen LogP contribution in [0.5, 0.6) is 0 Å². The minimum Gasteiger partial charge on any atom is -0.465 e. The number of thioether (sulfide) groups is 1. The Morgan fingerprint density at radius 2 is 2.27 bits per heavy atom. The number of hydrogen-bond donors (Lipinski definition) is 2. The Bertz CT molecular complexity index is 962. The van der Waals surface area contributed by atoms with E-state index in [1.54, 1.807) is 24.4 Å². The van der Waals surface area contributed by atoms with Crippen molar-refractivity contribution in [1.29, 1.82) is 0 Å². The largest absolute Gasteiger partial charge is 0.465 e. The number of amides is 1. The standard InChI is InChI=1S/C16H13N5O3S2/c22-14(20-17-9-12-4-2-8-25-12)10-26-16-18-15(23)13(19-21-16)6-5-11-3-1-7-24-11/h1-9H,10H2,(H,20,22)(H,18,21,23)/b6-5+,17-9+. The number of furan rings is 1. The molecule has 26 heavy (non-hydrogen) atoms. The maximum Gasteiger partial charge on any atom is 0.277 e. The molecule has 0 aliphatic heterocycles. The number of hydrogen-bond acceptors (Lipinski definition) is 8. The van der Waals surface area contributed by atoms with Gasteiger partial charge in [0.25, 0.3) is 11.5 Å². The molecule has 3 aromatic heterocycles. The first-order valence-electron chi connectivity index (χ1n) is 7.37. The summed E-state index contributed by atoms with van der Waals surface area (Å²) in [6.45, 7) is 0. The predicted octanol–water partition coefficient (Wildman–Crippen LogP) is 2.23.